The van der Waals surface area contributed by atoms with Gasteiger partial charge in [-0.3, -0.25) is 9.69 Å². The third-order valence-electron chi connectivity index (χ3n) is 6.88. The molecule has 1 aliphatic rings. The highest BCUT2D eigenvalue weighted by molar-refractivity contribution is 7.20. The summed E-state index contributed by atoms with van der Waals surface area (Å²) in [5.41, 5.74) is 3.97. The second-order valence-electron chi connectivity index (χ2n) is 10.1. The van der Waals surface area contributed by atoms with Crippen molar-refractivity contribution >= 4 is 45.4 Å². The van der Waals surface area contributed by atoms with Gasteiger partial charge in [0, 0.05) is 47.9 Å². The summed E-state index contributed by atoms with van der Waals surface area (Å²) in [4.78, 5) is 40.9. The van der Waals surface area contributed by atoms with Gasteiger partial charge in [-0.05, 0) is 41.9 Å². The molecule has 1 aliphatic heterocycles. The lowest BCUT2D eigenvalue weighted by Gasteiger charge is -2.27. The molecule has 3 aromatic carbocycles. The molecular formula is C33H28FN3O4S. The van der Waals surface area contributed by atoms with Crippen LogP contribution in [0.3, 0.4) is 0 Å². The van der Waals surface area contributed by atoms with Crippen LogP contribution < -0.4 is 10.2 Å². The van der Waals surface area contributed by atoms with Gasteiger partial charge in [0.15, 0.2) is 0 Å². The quantitative estimate of drug-likeness (QED) is 0.224. The molecular weight excluding hydrogens is 553 g/mol. The molecule has 0 aliphatic carbocycles. The fourth-order valence-electron chi connectivity index (χ4n) is 5.03. The minimum atomic E-state index is -1.27. The molecule has 2 heterocycles. The summed E-state index contributed by atoms with van der Waals surface area (Å²) in [5.74, 6) is 0.0399. The minimum absolute atomic E-state index is 0.0391. The van der Waals surface area contributed by atoms with Crippen molar-refractivity contribution in [2.24, 2.45) is 0 Å². The number of hydrogen-bond donors (Lipinski definition) is 2. The second-order valence-corrected chi connectivity index (χ2v) is 11.0. The molecule has 0 bridgehead atoms. The van der Waals surface area contributed by atoms with Crippen molar-refractivity contribution in [1.29, 1.82) is 0 Å². The Morgan fingerprint density at radius 2 is 1.69 bits per heavy atom. The van der Waals surface area contributed by atoms with Crippen LogP contribution in [-0.2, 0) is 34.0 Å². The van der Waals surface area contributed by atoms with Crippen molar-refractivity contribution in [3.8, 4) is 10.4 Å². The minimum Gasteiger partial charge on any atom is -0.478 e. The van der Waals surface area contributed by atoms with Crippen molar-refractivity contribution in [1.82, 2.24) is 4.90 Å². The number of nitrogens with one attached hydrogen (secondary N) is 1. The Labute approximate surface area is 246 Å². The smallest absolute Gasteiger partial charge is 0.338 e. The number of hydrogen-bond acceptors (Lipinski definition) is 6. The van der Waals surface area contributed by atoms with Crippen molar-refractivity contribution in [3.63, 3.8) is 0 Å². The van der Waals surface area contributed by atoms with E-state index in [0.29, 0.717) is 34.9 Å². The molecule has 0 atom stereocenters. The van der Waals surface area contributed by atoms with Gasteiger partial charge < -0.3 is 15.3 Å². The Morgan fingerprint density at radius 1 is 1.00 bits per heavy atom. The van der Waals surface area contributed by atoms with Gasteiger partial charge in [-0.1, -0.05) is 60.7 Å². The van der Waals surface area contributed by atoms with E-state index in [-0.39, 0.29) is 23.6 Å². The van der Waals surface area contributed by atoms with Crippen LogP contribution >= 0.6 is 11.3 Å². The standard InChI is InChI=1S/C33H28FN3O4S/c1-21(39)35-25-14-12-23(13-15-25)31-27(18-36(2)16-22-8-4-3-5-9-22)30-28(20-38)26(33(40)41)19-37(32(30)42-31)17-24-10-6-7-11-29(24)34/h3-15,19H,16-18H2,1-2H3,(H,35,39)(H,40,41). The Morgan fingerprint density at radius 3 is 2.33 bits per heavy atom. The van der Waals surface area contributed by atoms with Gasteiger partial charge in [-0.2, -0.15) is 0 Å². The van der Waals surface area contributed by atoms with E-state index in [9.17, 15) is 23.9 Å². The van der Waals surface area contributed by atoms with E-state index in [2.05, 4.69) is 10.2 Å². The van der Waals surface area contributed by atoms with Crippen LogP contribution in [0.25, 0.3) is 16.0 Å². The predicted molar refractivity (Wildman–Crippen MR) is 163 cm³/mol. The number of carboxylic acid groups (broad SMARTS) is 1. The summed E-state index contributed by atoms with van der Waals surface area (Å²) in [6.07, 6.45) is 1.38. The lowest BCUT2D eigenvalue weighted by molar-refractivity contribution is -0.132. The Kier molecular flexibility index (Phi) is 8.45. The van der Waals surface area contributed by atoms with E-state index < -0.39 is 11.8 Å². The molecule has 212 valence electrons. The summed E-state index contributed by atoms with van der Waals surface area (Å²) < 4.78 is 14.7. The number of benzene rings is 3. The van der Waals surface area contributed by atoms with Gasteiger partial charge >= 0.3 is 5.97 Å². The number of carboxylic acids is 1. The second kappa shape index (κ2) is 12.4. The third-order valence-corrected chi connectivity index (χ3v) is 8.19. The maximum atomic E-state index is 14.7. The number of anilines is 2. The number of aliphatic carboxylic acids is 1. The van der Waals surface area contributed by atoms with Gasteiger partial charge in [0.2, 0.25) is 5.91 Å². The molecule has 0 unspecified atom stereocenters. The Hall–Kier alpha value is -4.82. The monoisotopic (exact) mass is 581 g/mol. The zero-order valence-electron chi connectivity index (χ0n) is 23.1. The van der Waals surface area contributed by atoms with E-state index in [1.165, 1.54) is 30.5 Å². The van der Waals surface area contributed by atoms with Crippen molar-refractivity contribution < 1.29 is 23.9 Å². The lowest BCUT2D eigenvalue weighted by atomic mass is 9.92. The van der Waals surface area contributed by atoms with Gasteiger partial charge in [0.25, 0.3) is 0 Å². The first kappa shape index (κ1) is 28.7. The lowest BCUT2D eigenvalue weighted by Crippen LogP contribution is -2.24. The molecule has 9 heteroatoms. The summed E-state index contributed by atoms with van der Waals surface area (Å²) in [6.45, 7) is 2.53. The fourth-order valence-corrected chi connectivity index (χ4v) is 6.33. The van der Waals surface area contributed by atoms with Crippen LogP contribution in [0.5, 0.6) is 0 Å². The predicted octanol–water partition coefficient (Wildman–Crippen LogP) is 6.35. The number of carbonyl (C=O) groups is 2. The molecule has 42 heavy (non-hydrogen) atoms. The van der Waals surface area contributed by atoms with Crippen LogP contribution in [0.15, 0.2) is 90.6 Å². The molecule has 1 aromatic heterocycles. The number of nitrogens with zero attached hydrogens (tertiary/aromatic N) is 2. The van der Waals surface area contributed by atoms with Crippen molar-refractivity contribution in [2.45, 2.75) is 26.6 Å². The van der Waals surface area contributed by atoms with Crippen LogP contribution in [0.1, 0.15) is 29.2 Å². The molecule has 0 fully saturated rings. The highest BCUT2D eigenvalue weighted by Gasteiger charge is 2.34. The maximum absolute atomic E-state index is 14.7. The molecule has 4 aromatic rings. The number of fused-ring (bicyclic) bond motifs is 1. The fraction of sp³-hybridized carbons (Fsp3) is 0.152. The first-order chi connectivity index (χ1) is 20.2. The van der Waals surface area contributed by atoms with E-state index in [4.69, 9.17) is 0 Å². The molecule has 0 radical (unpaired) electrons. The largest absolute Gasteiger partial charge is 0.478 e. The van der Waals surface area contributed by atoms with Gasteiger partial charge in [0.1, 0.15) is 16.8 Å². The van der Waals surface area contributed by atoms with Crippen molar-refractivity contribution in [3.05, 3.63) is 119 Å². The number of rotatable bonds is 9. The molecule has 2 N–H and O–H groups in total. The van der Waals surface area contributed by atoms with E-state index in [1.807, 2.05) is 55.5 Å². The maximum Gasteiger partial charge on any atom is 0.338 e. The van der Waals surface area contributed by atoms with Gasteiger partial charge in [-0.15, -0.1) is 11.3 Å². The highest BCUT2D eigenvalue weighted by atomic mass is 32.1. The van der Waals surface area contributed by atoms with Crippen LogP contribution in [0, 0.1) is 5.82 Å². The molecule has 0 saturated heterocycles. The summed E-state index contributed by atoms with van der Waals surface area (Å²) in [7, 11) is 1.96. The zero-order chi connectivity index (χ0) is 29.8. The number of halogens is 1. The molecule has 5 rings (SSSR count). The van der Waals surface area contributed by atoms with E-state index >= 15 is 0 Å². The number of carbonyl (C=O) groups excluding carboxylic acids is 2. The summed E-state index contributed by atoms with van der Waals surface area (Å²) >= 11 is 1.40. The van der Waals surface area contributed by atoms with Gasteiger partial charge in [0.05, 0.1) is 17.7 Å². The van der Waals surface area contributed by atoms with Crippen LogP contribution in [0.4, 0.5) is 15.1 Å². The third kappa shape index (κ3) is 6.09. The van der Waals surface area contributed by atoms with Crippen molar-refractivity contribution in [2.75, 3.05) is 17.3 Å². The SMILES string of the molecule is CC(=O)Nc1ccc(-c2sc3c(c2CN(C)Cc2ccccc2)C(=C=O)C(C(=O)O)=CN3Cc2ccccc2F)cc1. The highest BCUT2D eigenvalue weighted by Crippen LogP contribution is 2.50. The van der Waals surface area contributed by atoms with E-state index in [1.54, 1.807) is 35.2 Å². The Bertz CT molecular complexity index is 1720. The zero-order valence-corrected chi connectivity index (χ0v) is 23.9. The van der Waals surface area contributed by atoms with Crippen LogP contribution in [0.2, 0.25) is 0 Å². The first-order valence-corrected chi connectivity index (χ1v) is 14.0. The average Bonchev–Trinajstić information content (AvgIpc) is 3.33. The number of amides is 1. The number of thiophene rings is 1. The van der Waals surface area contributed by atoms with E-state index in [0.717, 1.165) is 21.6 Å². The van der Waals surface area contributed by atoms with Crippen LogP contribution in [-0.4, -0.2) is 34.9 Å². The summed E-state index contributed by atoms with van der Waals surface area (Å²) in [6, 6.07) is 23.6. The average molecular weight is 582 g/mol. The van der Waals surface area contributed by atoms with Gasteiger partial charge in [-0.25, -0.2) is 14.0 Å². The Balaban J connectivity index is 1.66. The molecule has 7 nitrogen and oxygen atoms in total. The first-order valence-electron chi connectivity index (χ1n) is 13.2. The molecule has 1 amide bonds. The molecule has 0 spiro atoms. The topological polar surface area (TPSA) is 90.0 Å². The summed E-state index contributed by atoms with van der Waals surface area (Å²) in [5, 5.41) is 13.5. The normalized spacial score (nSPS) is 12.5. The molecule has 0 saturated carbocycles.